The van der Waals surface area contributed by atoms with E-state index in [0.717, 1.165) is 25.9 Å². The average molecular weight is 329 g/mol. The number of aromatic amines is 2. The first-order chi connectivity index (χ1) is 11.7. The Kier molecular flexibility index (Phi) is 5.15. The van der Waals surface area contributed by atoms with E-state index in [9.17, 15) is 9.59 Å². The lowest BCUT2D eigenvalue weighted by molar-refractivity contribution is 0.0517. The smallest absolute Gasteiger partial charge is 0.356 e. The highest BCUT2D eigenvalue weighted by molar-refractivity contribution is 5.88. The van der Waals surface area contributed by atoms with Crippen molar-refractivity contribution in [2.24, 2.45) is 0 Å². The molecule has 0 aliphatic carbocycles. The number of carbonyl (C=O) groups is 1. The van der Waals surface area contributed by atoms with Gasteiger partial charge >= 0.3 is 11.7 Å². The second kappa shape index (κ2) is 7.49. The molecule has 2 N–H and O–H groups in total. The fourth-order valence-corrected chi connectivity index (χ4v) is 3.29. The van der Waals surface area contributed by atoms with Gasteiger partial charge in [0.1, 0.15) is 5.69 Å². The molecule has 2 aromatic rings. The van der Waals surface area contributed by atoms with Crippen LogP contribution >= 0.6 is 0 Å². The largest absolute Gasteiger partial charge is 0.461 e. The number of hydrogen-bond donors (Lipinski definition) is 2. The van der Waals surface area contributed by atoms with Crippen LogP contribution in [-0.4, -0.2) is 40.5 Å². The van der Waals surface area contributed by atoms with Crippen molar-refractivity contribution >= 4 is 5.97 Å². The van der Waals surface area contributed by atoms with Gasteiger partial charge in [-0.05, 0) is 44.3 Å². The summed E-state index contributed by atoms with van der Waals surface area (Å²) in [5, 5.41) is 0. The van der Waals surface area contributed by atoms with Crippen molar-refractivity contribution in [2.45, 2.75) is 32.2 Å². The summed E-state index contributed by atoms with van der Waals surface area (Å²) in [6.07, 6.45) is 2.15. The predicted octanol–water partition coefficient (Wildman–Crippen LogP) is 2.26. The van der Waals surface area contributed by atoms with Crippen LogP contribution in [0.5, 0.6) is 0 Å². The van der Waals surface area contributed by atoms with Crippen molar-refractivity contribution in [2.75, 3.05) is 19.7 Å². The minimum atomic E-state index is -0.481. The first-order valence-electron chi connectivity index (χ1n) is 8.43. The third kappa shape index (κ3) is 3.76. The molecule has 6 nitrogen and oxygen atoms in total. The lowest BCUT2D eigenvalue weighted by atomic mass is 9.89. The molecule has 0 radical (unpaired) electrons. The molecule has 24 heavy (non-hydrogen) atoms. The fourth-order valence-electron chi connectivity index (χ4n) is 3.29. The summed E-state index contributed by atoms with van der Waals surface area (Å²) in [6, 6.07) is 10.6. The van der Waals surface area contributed by atoms with Crippen LogP contribution in [0.1, 0.15) is 47.4 Å². The molecule has 0 atom stereocenters. The standard InChI is InChI=1S/C18H23N3O3/c1-2-24-17(22)16-15(19-18(23)20-16)12-21-10-8-14(9-11-21)13-6-4-3-5-7-13/h3-7,14H,2,8-12H2,1H3,(H2,19,20,23). The SMILES string of the molecule is CCOC(=O)c1[nH]c(=O)[nH]c1CN1CCC(c2ccccc2)CC1. The van der Waals surface area contributed by atoms with Crippen LogP contribution < -0.4 is 5.69 Å². The summed E-state index contributed by atoms with van der Waals surface area (Å²) in [7, 11) is 0. The molecule has 1 aromatic heterocycles. The Hall–Kier alpha value is -2.34. The number of nitrogens with zero attached hydrogens (tertiary/aromatic N) is 1. The normalized spacial score (nSPS) is 16.2. The van der Waals surface area contributed by atoms with E-state index in [1.54, 1.807) is 6.92 Å². The summed E-state index contributed by atoms with van der Waals surface area (Å²) in [5.41, 5.74) is 1.87. The zero-order valence-corrected chi connectivity index (χ0v) is 13.9. The van der Waals surface area contributed by atoms with Crippen molar-refractivity contribution in [1.29, 1.82) is 0 Å². The summed E-state index contributed by atoms with van der Waals surface area (Å²) in [5.74, 6) is 0.0993. The number of likely N-dealkylation sites (tertiary alicyclic amines) is 1. The van der Waals surface area contributed by atoms with Gasteiger partial charge in [0.2, 0.25) is 0 Å². The first kappa shape index (κ1) is 16.5. The van der Waals surface area contributed by atoms with E-state index < -0.39 is 5.97 Å². The highest BCUT2D eigenvalue weighted by atomic mass is 16.5. The number of ether oxygens (including phenoxy) is 1. The highest BCUT2D eigenvalue weighted by Crippen LogP contribution is 2.28. The number of esters is 1. The van der Waals surface area contributed by atoms with Gasteiger partial charge in [0.05, 0.1) is 12.3 Å². The van der Waals surface area contributed by atoms with Gasteiger partial charge in [-0.1, -0.05) is 30.3 Å². The zero-order valence-electron chi connectivity index (χ0n) is 13.9. The maximum Gasteiger partial charge on any atom is 0.356 e. The van der Waals surface area contributed by atoms with Crippen LogP contribution in [0.25, 0.3) is 0 Å². The second-order valence-corrected chi connectivity index (χ2v) is 6.11. The van der Waals surface area contributed by atoms with Gasteiger partial charge in [-0.25, -0.2) is 9.59 Å². The summed E-state index contributed by atoms with van der Waals surface area (Å²) in [6.45, 7) is 4.46. The number of rotatable bonds is 5. The molecule has 1 fully saturated rings. The summed E-state index contributed by atoms with van der Waals surface area (Å²) in [4.78, 5) is 31.0. The average Bonchev–Trinajstić information content (AvgIpc) is 2.97. The van der Waals surface area contributed by atoms with Crippen molar-refractivity contribution in [3.05, 3.63) is 57.8 Å². The van der Waals surface area contributed by atoms with E-state index in [2.05, 4.69) is 39.1 Å². The van der Waals surface area contributed by atoms with E-state index in [0.29, 0.717) is 18.2 Å². The molecule has 1 aliphatic rings. The molecule has 1 aliphatic heterocycles. The van der Waals surface area contributed by atoms with E-state index in [1.807, 2.05) is 6.07 Å². The molecule has 1 aromatic carbocycles. The minimum absolute atomic E-state index is 0.243. The number of piperidine rings is 1. The Bertz CT molecular complexity index is 727. The molecule has 6 heteroatoms. The Morgan fingerprint density at radius 3 is 2.58 bits per heavy atom. The van der Waals surface area contributed by atoms with Gasteiger partial charge in [0.25, 0.3) is 0 Å². The third-order valence-electron chi connectivity index (χ3n) is 4.52. The Labute approximate surface area is 140 Å². The van der Waals surface area contributed by atoms with Crippen LogP contribution in [0, 0.1) is 0 Å². The maximum absolute atomic E-state index is 11.9. The number of aromatic nitrogens is 2. The quantitative estimate of drug-likeness (QED) is 0.825. The van der Waals surface area contributed by atoms with Crippen molar-refractivity contribution in [3.63, 3.8) is 0 Å². The summed E-state index contributed by atoms with van der Waals surface area (Å²) < 4.78 is 5.00. The van der Waals surface area contributed by atoms with Crippen LogP contribution in [0.3, 0.4) is 0 Å². The van der Waals surface area contributed by atoms with Gasteiger partial charge in [-0.15, -0.1) is 0 Å². The van der Waals surface area contributed by atoms with Crippen LogP contribution in [-0.2, 0) is 11.3 Å². The molecular formula is C18H23N3O3. The molecule has 0 spiro atoms. The van der Waals surface area contributed by atoms with Crippen LogP contribution in [0.4, 0.5) is 0 Å². The number of hydrogen-bond acceptors (Lipinski definition) is 4. The van der Waals surface area contributed by atoms with E-state index in [-0.39, 0.29) is 18.0 Å². The highest BCUT2D eigenvalue weighted by Gasteiger charge is 2.23. The van der Waals surface area contributed by atoms with Crippen molar-refractivity contribution < 1.29 is 9.53 Å². The first-order valence-corrected chi connectivity index (χ1v) is 8.43. The fraction of sp³-hybridized carbons (Fsp3) is 0.444. The predicted molar refractivity (Wildman–Crippen MR) is 91.1 cm³/mol. The Morgan fingerprint density at radius 2 is 1.92 bits per heavy atom. The topological polar surface area (TPSA) is 78.2 Å². The lowest BCUT2D eigenvalue weighted by Crippen LogP contribution is -2.33. The van der Waals surface area contributed by atoms with Gasteiger partial charge in [0, 0.05) is 6.54 Å². The molecular weight excluding hydrogens is 306 g/mol. The van der Waals surface area contributed by atoms with Crippen LogP contribution in [0.2, 0.25) is 0 Å². The zero-order chi connectivity index (χ0) is 16.9. The van der Waals surface area contributed by atoms with Crippen molar-refractivity contribution in [1.82, 2.24) is 14.9 Å². The monoisotopic (exact) mass is 329 g/mol. The number of nitrogens with one attached hydrogen (secondary N) is 2. The molecule has 0 amide bonds. The van der Waals surface area contributed by atoms with Crippen LogP contribution in [0.15, 0.2) is 35.1 Å². The van der Waals surface area contributed by atoms with E-state index in [4.69, 9.17) is 4.74 Å². The number of H-pyrrole nitrogens is 2. The number of carbonyl (C=O) groups excluding carboxylic acids is 1. The van der Waals surface area contributed by atoms with Gasteiger partial charge < -0.3 is 9.72 Å². The van der Waals surface area contributed by atoms with Crippen molar-refractivity contribution in [3.8, 4) is 0 Å². The Balaban J connectivity index is 1.62. The van der Waals surface area contributed by atoms with Gasteiger partial charge in [-0.3, -0.25) is 9.88 Å². The molecule has 1 saturated heterocycles. The maximum atomic E-state index is 11.9. The second-order valence-electron chi connectivity index (χ2n) is 6.11. The summed E-state index contributed by atoms with van der Waals surface area (Å²) >= 11 is 0. The van der Waals surface area contributed by atoms with Gasteiger partial charge in [-0.2, -0.15) is 0 Å². The molecule has 0 unspecified atom stereocenters. The minimum Gasteiger partial charge on any atom is -0.461 e. The lowest BCUT2D eigenvalue weighted by Gasteiger charge is -2.32. The van der Waals surface area contributed by atoms with E-state index >= 15 is 0 Å². The number of benzene rings is 1. The Morgan fingerprint density at radius 1 is 1.21 bits per heavy atom. The molecule has 128 valence electrons. The van der Waals surface area contributed by atoms with Gasteiger partial charge in [0.15, 0.2) is 0 Å². The van der Waals surface area contributed by atoms with E-state index in [1.165, 1.54) is 5.56 Å². The molecule has 0 saturated carbocycles. The molecule has 0 bridgehead atoms. The molecule has 2 heterocycles. The third-order valence-corrected chi connectivity index (χ3v) is 4.52. The number of imidazole rings is 1. The molecule has 3 rings (SSSR count).